The standard InChI is InChI=1S/C19H30N2O/c1-18(2,3)17(22)21-13-11-19(4,12-14-21)20(5)15-16-9-7-6-8-10-16/h6-10H,11-15H2,1-5H3. The lowest BCUT2D eigenvalue weighted by Gasteiger charge is -2.46. The highest BCUT2D eigenvalue weighted by Crippen LogP contribution is 2.30. The molecule has 0 N–H and O–H groups in total. The van der Waals surface area contributed by atoms with E-state index in [1.807, 2.05) is 25.7 Å². The summed E-state index contributed by atoms with van der Waals surface area (Å²) in [5.41, 5.74) is 1.24. The van der Waals surface area contributed by atoms with Crippen LogP contribution in [0.5, 0.6) is 0 Å². The van der Waals surface area contributed by atoms with Crippen molar-refractivity contribution in [3.63, 3.8) is 0 Å². The van der Waals surface area contributed by atoms with E-state index in [1.54, 1.807) is 0 Å². The van der Waals surface area contributed by atoms with Gasteiger partial charge in [0.05, 0.1) is 0 Å². The molecule has 2 rings (SSSR count). The van der Waals surface area contributed by atoms with Gasteiger partial charge in [-0.05, 0) is 32.4 Å². The summed E-state index contributed by atoms with van der Waals surface area (Å²) >= 11 is 0. The monoisotopic (exact) mass is 302 g/mol. The number of carbonyl (C=O) groups is 1. The van der Waals surface area contributed by atoms with Gasteiger partial charge in [-0.2, -0.15) is 0 Å². The van der Waals surface area contributed by atoms with Crippen LogP contribution < -0.4 is 0 Å². The number of carbonyl (C=O) groups excluding carboxylic acids is 1. The van der Waals surface area contributed by atoms with E-state index < -0.39 is 0 Å². The molecular weight excluding hydrogens is 272 g/mol. The van der Waals surface area contributed by atoms with Crippen LogP contribution >= 0.6 is 0 Å². The predicted octanol–water partition coefficient (Wildman–Crippen LogP) is 3.55. The van der Waals surface area contributed by atoms with Crippen LogP contribution in [0.4, 0.5) is 0 Å². The van der Waals surface area contributed by atoms with E-state index in [0.29, 0.717) is 0 Å². The van der Waals surface area contributed by atoms with Gasteiger partial charge < -0.3 is 4.90 Å². The van der Waals surface area contributed by atoms with Crippen LogP contribution in [0.3, 0.4) is 0 Å². The van der Waals surface area contributed by atoms with Crippen molar-refractivity contribution in [1.82, 2.24) is 9.80 Å². The number of hydrogen-bond donors (Lipinski definition) is 0. The molecule has 1 amide bonds. The van der Waals surface area contributed by atoms with Gasteiger partial charge >= 0.3 is 0 Å². The second-order valence-electron chi connectivity index (χ2n) is 7.88. The maximum absolute atomic E-state index is 12.4. The van der Waals surface area contributed by atoms with Gasteiger partial charge in [0.2, 0.25) is 5.91 Å². The number of nitrogens with zero attached hydrogens (tertiary/aromatic N) is 2. The van der Waals surface area contributed by atoms with Crippen LogP contribution in [0.2, 0.25) is 0 Å². The third kappa shape index (κ3) is 3.89. The summed E-state index contributed by atoms with van der Waals surface area (Å²) in [6.45, 7) is 11.0. The van der Waals surface area contributed by atoms with E-state index in [2.05, 4.69) is 49.2 Å². The molecule has 0 unspecified atom stereocenters. The quantitative estimate of drug-likeness (QED) is 0.852. The molecule has 1 heterocycles. The first-order valence-electron chi connectivity index (χ1n) is 8.27. The first kappa shape index (κ1) is 17.0. The Labute approximate surface area is 135 Å². The van der Waals surface area contributed by atoms with Crippen molar-refractivity contribution in [1.29, 1.82) is 0 Å². The smallest absolute Gasteiger partial charge is 0.227 e. The summed E-state index contributed by atoms with van der Waals surface area (Å²) in [5, 5.41) is 0. The van der Waals surface area contributed by atoms with Crippen molar-refractivity contribution < 1.29 is 4.79 Å². The molecule has 0 aromatic heterocycles. The minimum Gasteiger partial charge on any atom is -0.342 e. The number of piperidine rings is 1. The Kier molecular flexibility index (Phi) is 4.96. The molecule has 0 spiro atoms. The third-order valence-electron chi connectivity index (χ3n) is 4.95. The maximum Gasteiger partial charge on any atom is 0.227 e. The second kappa shape index (κ2) is 6.41. The van der Waals surface area contributed by atoms with Gasteiger partial charge in [0.1, 0.15) is 0 Å². The summed E-state index contributed by atoms with van der Waals surface area (Å²) in [6, 6.07) is 10.6. The molecule has 1 saturated heterocycles. The van der Waals surface area contributed by atoms with Gasteiger partial charge in [-0.25, -0.2) is 0 Å². The first-order valence-corrected chi connectivity index (χ1v) is 8.27. The SMILES string of the molecule is CN(Cc1ccccc1)C1(C)CCN(C(=O)C(C)(C)C)CC1. The largest absolute Gasteiger partial charge is 0.342 e. The highest BCUT2D eigenvalue weighted by Gasteiger charge is 2.37. The molecule has 1 aromatic rings. The summed E-state index contributed by atoms with van der Waals surface area (Å²) in [5.74, 6) is 0.278. The van der Waals surface area contributed by atoms with Crippen molar-refractivity contribution in [2.75, 3.05) is 20.1 Å². The Balaban J connectivity index is 1.95. The van der Waals surface area contributed by atoms with Gasteiger partial charge in [0.25, 0.3) is 0 Å². The Morgan fingerprint density at radius 1 is 1.18 bits per heavy atom. The van der Waals surface area contributed by atoms with Gasteiger partial charge in [0.15, 0.2) is 0 Å². The molecule has 0 bridgehead atoms. The van der Waals surface area contributed by atoms with Crippen molar-refractivity contribution in [3.8, 4) is 0 Å². The van der Waals surface area contributed by atoms with Crippen LogP contribution in [0.25, 0.3) is 0 Å². The van der Waals surface area contributed by atoms with E-state index >= 15 is 0 Å². The van der Waals surface area contributed by atoms with E-state index in [1.165, 1.54) is 5.56 Å². The van der Waals surface area contributed by atoms with E-state index in [0.717, 1.165) is 32.5 Å². The molecular formula is C19H30N2O. The summed E-state index contributed by atoms with van der Waals surface area (Å²) < 4.78 is 0. The predicted molar refractivity (Wildman–Crippen MR) is 91.6 cm³/mol. The first-order chi connectivity index (χ1) is 10.2. The number of likely N-dealkylation sites (tertiary alicyclic amines) is 1. The average Bonchev–Trinajstić information content (AvgIpc) is 2.47. The molecule has 122 valence electrons. The minimum absolute atomic E-state index is 0.171. The summed E-state index contributed by atoms with van der Waals surface area (Å²) in [4.78, 5) is 16.9. The third-order valence-corrected chi connectivity index (χ3v) is 4.95. The Hall–Kier alpha value is -1.35. The average molecular weight is 302 g/mol. The van der Waals surface area contributed by atoms with Crippen molar-refractivity contribution in [2.24, 2.45) is 5.41 Å². The molecule has 1 aromatic carbocycles. The van der Waals surface area contributed by atoms with Crippen LogP contribution in [-0.4, -0.2) is 41.4 Å². The normalized spacial score (nSPS) is 18.5. The van der Waals surface area contributed by atoms with E-state index in [9.17, 15) is 4.79 Å². The van der Waals surface area contributed by atoms with Gasteiger partial charge in [0, 0.05) is 30.6 Å². The van der Waals surface area contributed by atoms with Crippen LogP contribution in [-0.2, 0) is 11.3 Å². The minimum atomic E-state index is -0.274. The topological polar surface area (TPSA) is 23.6 Å². The van der Waals surface area contributed by atoms with Crippen LogP contribution in [0, 0.1) is 5.41 Å². The Morgan fingerprint density at radius 2 is 1.73 bits per heavy atom. The lowest BCUT2D eigenvalue weighted by Crippen LogP contribution is -2.54. The van der Waals surface area contributed by atoms with E-state index in [-0.39, 0.29) is 16.9 Å². The lowest BCUT2D eigenvalue weighted by atomic mass is 9.86. The zero-order valence-electron chi connectivity index (χ0n) is 14.7. The maximum atomic E-state index is 12.4. The van der Waals surface area contributed by atoms with Crippen LogP contribution in [0.1, 0.15) is 46.1 Å². The van der Waals surface area contributed by atoms with E-state index in [4.69, 9.17) is 0 Å². The van der Waals surface area contributed by atoms with Crippen molar-refractivity contribution >= 4 is 5.91 Å². The fraction of sp³-hybridized carbons (Fsp3) is 0.632. The summed E-state index contributed by atoms with van der Waals surface area (Å²) in [6.07, 6.45) is 2.08. The van der Waals surface area contributed by atoms with Gasteiger partial charge in [-0.3, -0.25) is 9.69 Å². The van der Waals surface area contributed by atoms with Gasteiger partial charge in [-0.1, -0.05) is 51.1 Å². The molecule has 22 heavy (non-hydrogen) atoms. The number of rotatable bonds is 3. The molecule has 0 radical (unpaired) electrons. The highest BCUT2D eigenvalue weighted by atomic mass is 16.2. The Bertz CT molecular complexity index is 496. The van der Waals surface area contributed by atoms with Gasteiger partial charge in [-0.15, -0.1) is 0 Å². The zero-order valence-corrected chi connectivity index (χ0v) is 14.7. The Morgan fingerprint density at radius 3 is 2.23 bits per heavy atom. The van der Waals surface area contributed by atoms with Crippen molar-refractivity contribution in [3.05, 3.63) is 35.9 Å². The molecule has 3 nitrogen and oxygen atoms in total. The lowest BCUT2D eigenvalue weighted by molar-refractivity contribution is -0.142. The highest BCUT2D eigenvalue weighted by molar-refractivity contribution is 5.81. The molecule has 0 atom stereocenters. The molecule has 1 aliphatic rings. The zero-order chi connectivity index (χ0) is 16.4. The van der Waals surface area contributed by atoms with Crippen molar-refractivity contribution in [2.45, 2.75) is 52.6 Å². The fourth-order valence-electron chi connectivity index (χ4n) is 3.10. The fourth-order valence-corrected chi connectivity index (χ4v) is 3.10. The molecule has 1 fully saturated rings. The molecule has 0 saturated carbocycles. The van der Waals surface area contributed by atoms with Crippen LogP contribution in [0.15, 0.2) is 30.3 Å². The number of hydrogen-bond acceptors (Lipinski definition) is 2. The summed E-state index contributed by atoms with van der Waals surface area (Å²) in [7, 11) is 2.20. The number of benzene rings is 1. The molecule has 3 heteroatoms. The molecule has 0 aliphatic carbocycles. The second-order valence-corrected chi connectivity index (χ2v) is 7.88. The molecule has 1 aliphatic heterocycles. The number of amides is 1.